The van der Waals surface area contributed by atoms with Gasteiger partial charge in [-0.25, -0.2) is 8.42 Å². The number of nitrogens with one attached hydrogen (secondary N) is 1. The summed E-state index contributed by atoms with van der Waals surface area (Å²) < 4.78 is 37.0. The third kappa shape index (κ3) is 8.15. The molecule has 2 aromatic rings. The first-order valence-electron chi connectivity index (χ1n) is 11.6. The molecule has 0 bridgehead atoms. The molecule has 0 spiro atoms. The van der Waals surface area contributed by atoms with Gasteiger partial charge in [-0.05, 0) is 50.1 Å². The van der Waals surface area contributed by atoms with Gasteiger partial charge in [-0.2, -0.15) is 0 Å². The molecule has 9 nitrogen and oxygen atoms in total. The molecule has 0 aliphatic carbocycles. The molecule has 0 heterocycles. The quantitative estimate of drug-likeness (QED) is 0.409. The van der Waals surface area contributed by atoms with Crippen LogP contribution in [0.2, 0.25) is 10.0 Å². The van der Waals surface area contributed by atoms with Gasteiger partial charge in [0.15, 0.2) is 11.5 Å². The van der Waals surface area contributed by atoms with Gasteiger partial charge in [0, 0.05) is 28.7 Å². The van der Waals surface area contributed by atoms with Crippen LogP contribution in [0.1, 0.15) is 32.8 Å². The number of hydrogen-bond acceptors (Lipinski definition) is 6. The highest BCUT2D eigenvalue weighted by atomic mass is 35.5. The fourth-order valence-electron chi connectivity index (χ4n) is 3.73. The summed E-state index contributed by atoms with van der Waals surface area (Å²) in [5, 5.41) is 3.58. The molecular formula is C25H33Cl2N3O6S. The molecule has 0 radical (unpaired) electrons. The van der Waals surface area contributed by atoms with E-state index in [0.29, 0.717) is 33.5 Å². The number of halogens is 2. The molecule has 0 aliphatic rings. The van der Waals surface area contributed by atoms with Crippen LogP contribution in [0.25, 0.3) is 0 Å². The predicted molar refractivity (Wildman–Crippen MR) is 146 cm³/mol. The number of methoxy groups -OCH3 is 2. The Labute approximate surface area is 228 Å². The van der Waals surface area contributed by atoms with Gasteiger partial charge in [0.1, 0.15) is 12.6 Å². The van der Waals surface area contributed by atoms with Crippen LogP contribution in [-0.4, -0.2) is 64.2 Å². The van der Waals surface area contributed by atoms with Crippen molar-refractivity contribution in [3.8, 4) is 11.5 Å². The van der Waals surface area contributed by atoms with Crippen molar-refractivity contribution in [2.75, 3.05) is 31.3 Å². The number of anilines is 1. The summed E-state index contributed by atoms with van der Waals surface area (Å²) in [7, 11) is -1.02. The molecule has 0 saturated heterocycles. The average Bonchev–Trinajstić information content (AvgIpc) is 2.81. The van der Waals surface area contributed by atoms with Gasteiger partial charge in [0.05, 0.1) is 26.2 Å². The number of ether oxygens (including phenoxy) is 2. The summed E-state index contributed by atoms with van der Waals surface area (Å²) in [5.74, 6) is -0.236. The minimum Gasteiger partial charge on any atom is -0.493 e. The molecule has 1 N–H and O–H groups in total. The third-order valence-corrected chi connectivity index (χ3v) is 7.23. The first kappa shape index (κ1) is 30.5. The van der Waals surface area contributed by atoms with E-state index in [4.69, 9.17) is 32.7 Å². The van der Waals surface area contributed by atoms with E-state index in [0.717, 1.165) is 10.6 Å². The largest absolute Gasteiger partial charge is 0.493 e. The standard InChI is InChI=1S/C25H33Cl2N3O6S/c1-7-21(25(32)28-16(2)3)29(14-17-8-9-18(26)12-20(17)27)24(31)15-30(37(6,33)34)19-10-11-22(35-4)23(13-19)36-5/h8-13,16,21H,7,14-15H2,1-6H3,(H,28,32). The van der Waals surface area contributed by atoms with E-state index in [1.54, 1.807) is 31.2 Å². The van der Waals surface area contributed by atoms with Crippen LogP contribution in [-0.2, 0) is 26.2 Å². The monoisotopic (exact) mass is 573 g/mol. The Morgan fingerprint density at radius 1 is 1.03 bits per heavy atom. The third-order valence-electron chi connectivity index (χ3n) is 5.51. The van der Waals surface area contributed by atoms with Gasteiger partial charge >= 0.3 is 0 Å². The minimum atomic E-state index is -3.90. The second-order valence-electron chi connectivity index (χ2n) is 8.65. The zero-order chi connectivity index (χ0) is 27.9. The second-order valence-corrected chi connectivity index (χ2v) is 11.4. The molecule has 0 aliphatic heterocycles. The molecule has 0 aromatic heterocycles. The van der Waals surface area contributed by atoms with Gasteiger partial charge in [-0.15, -0.1) is 0 Å². The average molecular weight is 575 g/mol. The fourth-order valence-corrected chi connectivity index (χ4v) is 5.04. The number of amides is 2. The summed E-state index contributed by atoms with van der Waals surface area (Å²) >= 11 is 12.4. The number of sulfonamides is 1. The van der Waals surface area contributed by atoms with Crippen LogP contribution in [0.15, 0.2) is 36.4 Å². The van der Waals surface area contributed by atoms with Gasteiger partial charge in [-0.1, -0.05) is 36.2 Å². The summed E-state index contributed by atoms with van der Waals surface area (Å²) in [4.78, 5) is 28.1. The van der Waals surface area contributed by atoms with Crippen molar-refractivity contribution in [2.45, 2.75) is 45.8 Å². The van der Waals surface area contributed by atoms with Gasteiger partial charge < -0.3 is 19.7 Å². The van der Waals surface area contributed by atoms with Crippen molar-refractivity contribution in [2.24, 2.45) is 0 Å². The number of rotatable bonds is 12. The molecule has 37 heavy (non-hydrogen) atoms. The van der Waals surface area contributed by atoms with Crippen LogP contribution in [0.5, 0.6) is 11.5 Å². The maximum Gasteiger partial charge on any atom is 0.244 e. The summed E-state index contributed by atoms with van der Waals surface area (Å²) in [6.07, 6.45) is 1.30. The van der Waals surface area contributed by atoms with E-state index in [1.165, 1.54) is 31.3 Å². The normalized spacial score (nSPS) is 12.1. The van der Waals surface area contributed by atoms with Crippen molar-refractivity contribution < 1.29 is 27.5 Å². The fraction of sp³-hybridized carbons (Fsp3) is 0.440. The Morgan fingerprint density at radius 3 is 2.19 bits per heavy atom. The Balaban J connectivity index is 2.52. The lowest BCUT2D eigenvalue weighted by atomic mass is 10.1. The van der Waals surface area contributed by atoms with Crippen LogP contribution in [0, 0.1) is 0 Å². The molecule has 1 unspecified atom stereocenters. The van der Waals surface area contributed by atoms with E-state index < -0.39 is 28.5 Å². The molecule has 0 saturated carbocycles. The first-order chi connectivity index (χ1) is 17.3. The highest BCUT2D eigenvalue weighted by Crippen LogP contribution is 2.32. The summed E-state index contributed by atoms with van der Waals surface area (Å²) in [5.41, 5.74) is 0.768. The van der Waals surface area contributed by atoms with E-state index in [-0.39, 0.29) is 24.2 Å². The van der Waals surface area contributed by atoms with Crippen molar-refractivity contribution in [1.29, 1.82) is 0 Å². The molecule has 2 aromatic carbocycles. The zero-order valence-corrected chi connectivity index (χ0v) is 24.1. The molecule has 12 heteroatoms. The number of nitrogens with zero attached hydrogens (tertiary/aromatic N) is 2. The van der Waals surface area contributed by atoms with Crippen LogP contribution < -0.4 is 19.1 Å². The lowest BCUT2D eigenvalue weighted by Crippen LogP contribution is -2.53. The topological polar surface area (TPSA) is 105 Å². The SMILES string of the molecule is CCC(C(=O)NC(C)C)N(Cc1ccc(Cl)cc1Cl)C(=O)CN(c1ccc(OC)c(OC)c1)S(C)(=O)=O. The molecule has 0 fully saturated rings. The minimum absolute atomic E-state index is 0.0254. The van der Waals surface area contributed by atoms with E-state index >= 15 is 0 Å². The summed E-state index contributed by atoms with van der Waals surface area (Å²) in [6.45, 7) is 4.83. The van der Waals surface area contributed by atoms with Crippen molar-refractivity contribution in [1.82, 2.24) is 10.2 Å². The smallest absolute Gasteiger partial charge is 0.244 e. The van der Waals surface area contributed by atoms with Crippen molar-refractivity contribution in [3.63, 3.8) is 0 Å². The number of carbonyl (C=O) groups is 2. The zero-order valence-electron chi connectivity index (χ0n) is 21.7. The molecule has 1 atom stereocenters. The Morgan fingerprint density at radius 2 is 1.68 bits per heavy atom. The highest BCUT2D eigenvalue weighted by Gasteiger charge is 2.32. The van der Waals surface area contributed by atoms with E-state index in [1.807, 2.05) is 13.8 Å². The Hall–Kier alpha value is -2.69. The van der Waals surface area contributed by atoms with E-state index in [2.05, 4.69) is 5.32 Å². The number of benzene rings is 2. The molecular weight excluding hydrogens is 541 g/mol. The lowest BCUT2D eigenvalue weighted by Gasteiger charge is -2.33. The van der Waals surface area contributed by atoms with Crippen LogP contribution >= 0.6 is 23.2 Å². The summed E-state index contributed by atoms with van der Waals surface area (Å²) in [6, 6.07) is 8.35. The van der Waals surface area contributed by atoms with Crippen LogP contribution in [0.3, 0.4) is 0 Å². The maximum absolute atomic E-state index is 13.7. The van der Waals surface area contributed by atoms with Gasteiger partial charge in [-0.3, -0.25) is 13.9 Å². The predicted octanol–water partition coefficient (Wildman–Crippen LogP) is 4.11. The molecule has 204 valence electrons. The van der Waals surface area contributed by atoms with Crippen molar-refractivity contribution >= 4 is 50.7 Å². The van der Waals surface area contributed by atoms with Crippen molar-refractivity contribution in [3.05, 3.63) is 52.0 Å². The van der Waals surface area contributed by atoms with Gasteiger partial charge in [0.25, 0.3) is 0 Å². The Kier molecular flexibility index (Phi) is 10.9. The van der Waals surface area contributed by atoms with E-state index in [9.17, 15) is 18.0 Å². The Bertz CT molecular complexity index is 1220. The first-order valence-corrected chi connectivity index (χ1v) is 14.2. The lowest BCUT2D eigenvalue weighted by molar-refractivity contribution is -0.140. The molecule has 2 rings (SSSR count). The molecule has 2 amide bonds. The highest BCUT2D eigenvalue weighted by molar-refractivity contribution is 7.92. The second kappa shape index (κ2) is 13.2. The van der Waals surface area contributed by atoms with Gasteiger partial charge in [0.2, 0.25) is 21.8 Å². The number of hydrogen-bond donors (Lipinski definition) is 1. The number of carbonyl (C=O) groups excluding carboxylic acids is 2. The van der Waals surface area contributed by atoms with Crippen LogP contribution in [0.4, 0.5) is 5.69 Å². The maximum atomic E-state index is 13.7.